The summed E-state index contributed by atoms with van der Waals surface area (Å²) in [5, 5.41) is 13.8. The van der Waals surface area contributed by atoms with Crippen LogP contribution in [0.1, 0.15) is 24.5 Å². The SMILES string of the molecule is CN1CCC(Cc2nc3n(n2)CCC(CO)C3)C1. The molecular weight excluding hydrogens is 228 g/mol. The van der Waals surface area contributed by atoms with Gasteiger partial charge in [0.05, 0.1) is 0 Å². The van der Waals surface area contributed by atoms with Gasteiger partial charge in [-0.2, -0.15) is 5.10 Å². The summed E-state index contributed by atoms with van der Waals surface area (Å²) >= 11 is 0. The molecule has 2 atom stereocenters. The van der Waals surface area contributed by atoms with Crippen LogP contribution >= 0.6 is 0 Å². The summed E-state index contributed by atoms with van der Waals surface area (Å²) in [4.78, 5) is 7.04. The number of fused-ring (bicyclic) bond motifs is 1. The van der Waals surface area contributed by atoms with E-state index >= 15 is 0 Å². The lowest BCUT2D eigenvalue weighted by atomic mass is 9.99. The van der Waals surface area contributed by atoms with Gasteiger partial charge in [-0.25, -0.2) is 9.67 Å². The lowest BCUT2D eigenvalue weighted by molar-refractivity contribution is 0.196. The standard InChI is InChI=1S/C13H22N4O/c1-16-4-2-10(8-16)6-12-14-13-7-11(9-18)3-5-17(13)15-12/h10-11,18H,2-9H2,1H3. The second-order valence-electron chi connectivity index (χ2n) is 5.83. The van der Waals surface area contributed by atoms with Crippen molar-refractivity contribution in [2.24, 2.45) is 11.8 Å². The average Bonchev–Trinajstić information content (AvgIpc) is 2.94. The predicted molar refractivity (Wildman–Crippen MR) is 68.2 cm³/mol. The highest BCUT2D eigenvalue weighted by atomic mass is 16.3. The van der Waals surface area contributed by atoms with Crippen LogP contribution in [0.15, 0.2) is 0 Å². The molecule has 3 rings (SSSR count). The fraction of sp³-hybridized carbons (Fsp3) is 0.846. The molecule has 5 nitrogen and oxygen atoms in total. The monoisotopic (exact) mass is 250 g/mol. The highest BCUT2D eigenvalue weighted by Crippen LogP contribution is 2.21. The van der Waals surface area contributed by atoms with Crippen LogP contribution in [-0.2, 0) is 19.4 Å². The lowest BCUT2D eigenvalue weighted by Crippen LogP contribution is -2.22. The highest BCUT2D eigenvalue weighted by Gasteiger charge is 2.24. The third-order valence-corrected chi connectivity index (χ3v) is 4.23. The summed E-state index contributed by atoms with van der Waals surface area (Å²) in [6, 6.07) is 0. The minimum atomic E-state index is 0.273. The minimum Gasteiger partial charge on any atom is -0.396 e. The molecule has 0 aromatic carbocycles. The van der Waals surface area contributed by atoms with E-state index in [9.17, 15) is 5.11 Å². The zero-order chi connectivity index (χ0) is 12.5. The van der Waals surface area contributed by atoms with Crippen LogP contribution in [0.4, 0.5) is 0 Å². The van der Waals surface area contributed by atoms with Crippen LogP contribution in [-0.4, -0.2) is 51.5 Å². The first-order valence-electron chi connectivity index (χ1n) is 6.96. The molecule has 0 bridgehead atoms. The molecule has 1 fully saturated rings. The minimum absolute atomic E-state index is 0.273. The van der Waals surface area contributed by atoms with Gasteiger partial charge in [0.2, 0.25) is 0 Å². The molecule has 1 N–H and O–H groups in total. The molecule has 5 heteroatoms. The highest BCUT2D eigenvalue weighted by molar-refractivity contribution is 4.99. The molecule has 18 heavy (non-hydrogen) atoms. The molecule has 0 radical (unpaired) electrons. The number of nitrogens with zero attached hydrogens (tertiary/aromatic N) is 4. The van der Waals surface area contributed by atoms with Gasteiger partial charge in [0.1, 0.15) is 5.82 Å². The Bertz CT molecular complexity index is 417. The number of aliphatic hydroxyl groups is 1. The summed E-state index contributed by atoms with van der Waals surface area (Å²) in [5.41, 5.74) is 0. The van der Waals surface area contributed by atoms with E-state index in [0.29, 0.717) is 11.8 Å². The first-order chi connectivity index (χ1) is 8.74. The van der Waals surface area contributed by atoms with E-state index < -0.39 is 0 Å². The normalized spacial score (nSPS) is 28.6. The van der Waals surface area contributed by atoms with Gasteiger partial charge in [-0.05, 0) is 38.3 Å². The molecule has 0 spiro atoms. The van der Waals surface area contributed by atoms with Crippen LogP contribution in [0.5, 0.6) is 0 Å². The Labute approximate surface area is 108 Å². The van der Waals surface area contributed by atoms with Crippen molar-refractivity contribution >= 4 is 0 Å². The third-order valence-electron chi connectivity index (χ3n) is 4.23. The first-order valence-corrected chi connectivity index (χ1v) is 6.96. The molecule has 2 unspecified atom stereocenters. The van der Waals surface area contributed by atoms with E-state index in [1.807, 2.05) is 4.68 Å². The van der Waals surface area contributed by atoms with Crippen molar-refractivity contribution in [1.82, 2.24) is 19.7 Å². The fourth-order valence-electron chi connectivity index (χ4n) is 3.11. The third kappa shape index (κ3) is 2.42. The molecule has 100 valence electrons. The molecule has 0 saturated carbocycles. The van der Waals surface area contributed by atoms with Crippen LogP contribution in [0.2, 0.25) is 0 Å². The smallest absolute Gasteiger partial charge is 0.151 e. The number of rotatable bonds is 3. The van der Waals surface area contributed by atoms with Gasteiger partial charge in [-0.1, -0.05) is 0 Å². The molecule has 3 heterocycles. The number of hydrogen-bond acceptors (Lipinski definition) is 4. The van der Waals surface area contributed by atoms with E-state index in [0.717, 1.165) is 37.5 Å². The van der Waals surface area contributed by atoms with Gasteiger partial charge in [0.25, 0.3) is 0 Å². The summed E-state index contributed by atoms with van der Waals surface area (Å²) in [6.45, 7) is 3.56. The number of likely N-dealkylation sites (tertiary alicyclic amines) is 1. The molecule has 0 amide bonds. The molecular formula is C13H22N4O. The van der Waals surface area contributed by atoms with Gasteiger partial charge >= 0.3 is 0 Å². The van der Waals surface area contributed by atoms with Crippen molar-refractivity contribution in [2.75, 3.05) is 26.7 Å². The molecule has 1 aromatic heterocycles. The Hall–Kier alpha value is -0.940. The van der Waals surface area contributed by atoms with Gasteiger partial charge in [0.15, 0.2) is 5.82 Å². The summed E-state index contributed by atoms with van der Waals surface area (Å²) in [6.07, 6.45) is 4.18. The van der Waals surface area contributed by atoms with Crippen LogP contribution in [0, 0.1) is 11.8 Å². The second kappa shape index (κ2) is 4.97. The van der Waals surface area contributed by atoms with Gasteiger partial charge in [-0.15, -0.1) is 0 Å². The van der Waals surface area contributed by atoms with Crippen molar-refractivity contribution in [3.63, 3.8) is 0 Å². The molecule has 2 aliphatic rings. The molecule has 2 aliphatic heterocycles. The van der Waals surface area contributed by atoms with Gasteiger partial charge in [0, 0.05) is 32.5 Å². The van der Waals surface area contributed by atoms with Crippen molar-refractivity contribution in [3.8, 4) is 0 Å². The van der Waals surface area contributed by atoms with Crippen molar-refractivity contribution < 1.29 is 5.11 Å². The van der Waals surface area contributed by atoms with Crippen LogP contribution < -0.4 is 0 Å². The van der Waals surface area contributed by atoms with E-state index in [4.69, 9.17) is 0 Å². The van der Waals surface area contributed by atoms with E-state index in [1.165, 1.54) is 19.5 Å². The molecule has 0 aliphatic carbocycles. The van der Waals surface area contributed by atoms with Crippen molar-refractivity contribution in [3.05, 3.63) is 11.6 Å². The van der Waals surface area contributed by atoms with Crippen LogP contribution in [0.25, 0.3) is 0 Å². The first kappa shape index (κ1) is 12.1. The Morgan fingerprint density at radius 3 is 2.83 bits per heavy atom. The summed E-state index contributed by atoms with van der Waals surface area (Å²) in [5.74, 6) is 3.17. The summed E-state index contributed by atoms with van der Waals surface area (Å²) < 4.78 is 2.04. The molecule has 1 saturated heterocycles. The maximum atomic E-state index is 9.22. The largest absolute Gasteiger partial charge is 0.396 e. The van der Waals surface area contributed by atoms with Crippen molar-refractivity contribution in [1.29, 1.82) is 0 Å². The number of aliphatic hydroxyl groups excluding tert-OH is 1. The van der Waals surface area contributed by atoms with Gasteiger partial charge in [-0.3, -0.25) is 0 Å². The number of aromatic nitrogens is 3. The van der Waals surface area contributed by atoms with Crippen molar-refractivity contribution in [2.45, 2.75) is 32.2 Å². The maximum Gasteiger partial charge on any atom is 0.151 e. The van der Waals surface area contributed by atoms with Crippen LogP contribution in [0.3, 0.4) is 0 Å². The predicted octanol–water partition coefficient (Wildman–Crippen LogP) is 0.327. The summed E-state index contributed by atoms with van der Waals surface area (Å²) in [7, 11) is 2.18. The van der Waals surface area contributed by atoms with E-state index in [2.05, 4.69) is 22.0 Å². The Kier molecular flexibility index (Phi) is 3.35. The number of aryl methyl sites for hydroxylation is 1. The van der Waals surface area contributed by atoms with E-state index in [-0.39, 0.29) is 6.61 Å². The second-order valence-corrected chi connectivity index (χ2v) is 5.83. The average molecular weight is 250 g/mol. The number of hydrogen-bond donors (Lipinski definition) is 1. The Morgan fingerprint density at radius 1 is 1.28 bits per heavy atom. The Balaban J connectivity index is 1.66. The zero-order valence-corrected chi connectivity index (χ0v) is 11.0. The topological polar surface area (TPSA) is 54.2 Å². The quantitative estimate of drug-likeness (QED) is 0.840. The molecule has 1 aromatic rings. The van der Waals surface area contributed by atoms with E-state index in [1.54, 1.807) is 0 Å². The maximum absolute atomic E-state index is 9.22. The lowest BCUT2D eigenvalue weighted by Gasteiger charge is -2.19. The Morgan fingerprint density at radius 2 is 2.11 bits per heavy atom. The van der Waals surface area contributed by atoms with Gasteiger partial charge < -0.3 is 10.0 Å². The fourth-order valence-corrected chi connectivity index (χ4v) is 3.11. The zero-order valence-electron chi connectivity index (χ0n) is 11.0.